The number of thiophene rings is 1. The Morgan fingerprint density at radius 3 is 2.85 bits per heavy atom. The smallest absolute Gasteiger partial charge is 0.103 e. The molecule has 98 valence electrons. The maximum atomic E-state index is 9.23. The highest BCUT2D eigenvalue weighted by molar-refractivity contribution is 7.16. The lowest BCUT2D eigenvalue weighted by molar-refractivity contribution is 1.19. The van der Waals surface area contributed by atoms with Crippen molar-refractivity contribution in [3.05, 3.63) is 57.4 Å². The molecule has 0 bridgehead atoms. The average Bonchev–Trinajstić information content (AvgIpc) is 2.90. The third kappa shape index (κ3) is 2.46. The average molecular weight is 300 g/mol. The van der Waals surface area contributed by atoms with Gasteiger partial charge in [0.25, 0.3) is 0 Å². The zero-order valence-corrected chi connectivity index (χ0v) is 12.0. The van der Waals surface area contributed by atoms with Crippen LogP contribution in [0.2, 0.25) is 4.34 Å². The number of nitrogens with one attached hydrogen (secondary N) is 1. The molecule has 0 saturated heterocycles. The van der Waals surface area contributed by atoms with Gasteiger partial charge in [0, 0.05) is 23.0 Å². The number of pyridine rings is 1. The number of para-hydroxylation sites is 1. The predicted molar refractivity (Wildman–Crippen MR) is 83.1 cm³/mol. The highest BCUT2D eigenvalue weighted by Gasteiger charge is 2.08. The van der Waals surface area contributed by atoms with E-state index in [9.17, 15) is 5.26 Å². The van der Waals surface area contributed by atoms with Crippen molar-refractivity contribution in [2.24, 2.45) is 0 Å². The lowest BCUT2D eigenvalue weighted by Crippen LogP contribution is -2.01. The van der Waals surface area contributed by atoms with Crippen LogP contribution in [0.15, 0.2) is 42.6 Å². The van der Waals surface area contributed by atoms with Gasteiger partial charge in [-0.05, 0) is 18.2 Å². The molecule has 1 N–H and O–H groups in total. The Bertz CT molecular complexity index is 804. The molecule has 0 aliphatic rings. The quantitative estimate of drug-likeness (QED) is 0.778. The number of halogens is 1. The Morgan fingerprint density at radius 2 is 2.10 bits per heavy atom. The minimum absolute atomic E-state index is 0.548. The first-order valence-corrected chi connectivity index (χ1v) is 7.23. The van der Waals surface area contributed by atoms with Crippen molar-refractivity contribution in [1.29, 1.82) is 5.26 Å². The van der Waals surface area contributed by atoms with Gasteiger partial charge in [-0.2, -0.15) is 5.26 Å². The van der Waals surface area contributed by atoms with Gasteiger partial charge in [-0.15, -0.1) is 11.3 Å². The molecule has 1 aromatic carbocycles. The summed E-state index contributed by atoms with van der Waals surface area (Å²) in [5, 5.41) is 13.5. The van der Waals surface area contributed by atoms with Crippen LogP contribution in [0.25, 0.3) is 10.9 Å². The summed E-state index contributed by atoms with van der Waals surface area (Å²) in [5.74, 6) is 0. The number of nitrogens with zero attached hydrogens (tertiary/aromatic N) is 2. The van der Waals surface area contributed by atoms with Crippen LogP contribution >= 0.6 is 22.9 Å². The minimum Gasteiger partial charge on any atom is -0.378 e. The fraction of sp³-hybridized carbons (Fsp3) is 0.0667. The molecule has 0 atom stereocenters. The lowest BCUT2D eigenvalue weighted by atomic mass is 10.1. The summed E-state index contributed by atoms with van der Waals surface area (Å²) in [4.78, 5) is 5.42. The van der Waals surface area contributed by atoms with Crippen molar-refractivity contribution in [1.82, 2.24) is 4.98 Å². The molecule has 5 heteroatoms. The summed E-state index contributed by atoms with van der Waals surface area (Å²) in [6, 6.07) is 13.8. The van der Waals surface area contributed by atoms with Crippen molar-refractivity contribution < 1.29 is 0 Å². The van der Waals surface area contributed by atoms with E-state index in [1.165, 1.54) is 11.3 Å². The molecular weight excluding hydrogens is 290 g/mol. The first-order chi connectivity index (χ1) is 9.78. The highest BCUT2D eigenvalue weighted by atomic mass is 35.5. The molecule has 3 nitrogen and oxygen atoms in total. The first-order valence-electron chi connectivity index (χ1n) is 6.04. The standard InChI is InChI=1S/C15H10ClN3S/c16-14-6-5-11(20-14)9-19-15-10(7-17)8-18-13-4-2-1-3-12(13)15/h1-6,8H,9H2,(H,18,19). The maximum Gasteiger partial charge on any atom is 0.103 e. The van der Waals surface area contributed by atoms with Gasteiger partial charge >= 0.3 is 0 Å². The van der Waals surface area contributed by atoms with E-state index in [4.69, 9.17) is 11.6 Å². The molecule has 0 unspecified atom stereocenters. The summed E-state index contributed by atoms with van der Waals surface area (Å²) in [6.07, 6.45) is 1.60. The zero-order valence-electron chi connectivity index (χ0n) is 10.4. The highest BCUT2D eigenvalue weighted by Crippen LogP contribution is 2.27. The first kappa shape index (κ1) is 12.9. The van der Waals surface area contributed by atoms with Crippen molar-refractivity contribution >= 4 is 39.5 Å². The second-order valence-corrected chi connectivity index (χ2v) is 6.03. The third-order valence-electron chi connectivity index (χ3n) is 2.96. The van der Waals surface area contributed by atoms with Gasteiger partial charge < -0.3 is 5.32 Å². The maximum absolute atomic E-state index is 9.23. The van der Waals surface area contributed by atoms with Crippen LogP contribution in [0.5, 0.6) is 0 Å². The zero-order chi connectivity index (χ0) is 13.9. The van der Waals surface area contributed by atoms with Gasteiger partial charge in [-0.25, -0.2) is 0 Å². The van der Waals surface area contributed by atoms with Gasteiger partial charge in [0.05, 0.1) is 21.1 Å². The molecule has 0 fully saturated rings. The molecule has 3 rings (SSSR count). The van der Waals surface area contributed by atoms with E-state index in [1.807, 2.05) is 36.4 Å². The van der Waals surface area contributed by atoms with Crippen molar-refractivity contribution in [3.63, 3.8) is 0 Å². The molecule has 0 aliphatic heterocycles. The molecule has 20 heavy (non-hydrogen) atoms. The van der Waals surface area contributed by atoms with E-state index in [-0.39, 0.29) is 0 Å². The third-order valence-corrected chi connectivity index (χ3v) is 4.20. The molecule has 3 aromatic rings. The van der Waals surface area contributed by atoms with Gasteiger partial charge in [-0.1, -0.05) is 29.8 Å². The summed E-state index contributed by atoms with van der Waals surface area (Å²) >= 11 is 7.45. The van der Waals surface area contributed by atoms with Crippen LogP contribution < -0.4 is 5.32 Å². The largest absolute Gasteiger partial charge is 0.378 e. The van der Waals surface area contributed by atoms with Gasteiger partial charge in [0.2, 0.25) is 0 Å². The van der Waals surface area contributed by atoms with Crippen molar-refractivity contribution in [2.45, 2.75) is 6.54 Å². The molecule has 2 aromatic heterocycles. The van der Waals surface area contributed by atoms with E-state index in [2.05, 4.69) is 16.4 Å². The van der Waals surface area contributed by atoms with Crippen LogP contribution in [-0.2, 0) is 6.54 Å². The topological polar surface area (TPSA) is 48.7 Å². The molecule has 0 saturated carbocycles. The van der Waals surface area contributed by atoms with Crippen LogP contribution in [0, 0.1) is 11.3 Å². The lowest BCUT2D eigenvalue weighted by Gasteiger charge is -2.10. The van der Waals surface area contributed by atoms with Crippen LogP contribution in [-0.4, -0.2) is 4.98 Å². The second-order valence-electron chi connectivity index (χ2n) is 4.24. The molecule has 0 aliphatic carbocycles. The van der Waals surface area contributed by atoms with Gasteiger partial charge in [0.15, 0.2) is 0 Å². The van der Waals surface area contributed by atoms with Gasteiger partial charge in [-0.3, -0.25) is 4.98 Å². The second kappa shape index (κ2) is 5.49. The number of hydrogen-bond donors (Lipinski definition) is 1. The summed E-state index contributed by atoms with van der Waals surface area (Å²) < 4.78 is 0.766. The Labute approximate surface area is 125 Å². The van der Waals surface area contributed by atoms with Gasteiger partial charge in [0.1, 0.15) is 6.07 Å². The Balaban J connectivity index is 1.98. The van der Waals surface area contributed by atoms with Crippen LogP contribution in [0.3, 0.4) is 0 Å². The fourth-order valence-corrected chi connectivity index (χ4v) is 3.07. The van der Waals surface area contributed by atoms with E-state index in [0.29, 0.717) is 12.1 Å². The summed E-state index contributed by atoms with van der Waals surface area (Å²) in [7, 11) is 0. The number of benzene rings is 1. The Hall–Kier alpha value is -2.09. The van der Waals surface area contributed by atoms with E-state index < -0.39 is 0 Å². The number of anilines is 1. The monoisotopic (exact) mass is 299 g/mol. The normalized spacial score (nSPS) is 10.4. The summed E-state index contributed by atoms with van der Waals surface area (Å²) in [5.41, 5.74) is 2.24. The van der Waals surface area contributed by atoms with E-state index in [0.717, 1.165) is 25.8 Å². The number of fused-ring (bicyclic) bond motifs is 1. The number of aromatic nitrogens is 1. The number of hydrogen-bond acceptors (Lipinski definition) is 4. The van der Waals surface area contributed by atoms with Crippen molar-refractivity contribution in [3.8, 4) is 6.07 Å². The van der Waals surface area contributed by atoms with Crippen LogP contribution in [0.4, 0.5) is 5.69 Å². The van der Waals surface area contributed by atoms with Crippen LogP contribution in [0.1, 0.15) is 10.4 Å². The molecule has 0 radical (unpaired) electrons. The Morgan fingerprint density at radius 1 is 1.25 bits per heavy atom. The predicted octanol–water partition coefficient (Wildman–Crippen LogP) is 4.43. The number of rotatable bonds is 3. The van der Waals surface area contributed by atoms with E-state index >= 15 is 0 Å². The van der Waals surface area contributed by atoms with Crippen molar-refractivity contribution in [2.75, 3.05) is 5.32 Å². The van der Waals surface area contributed by atoms with E-state index in [1.54, 1.807) is 6.20 Å². The SMILES string of the molecule is N#Cc1cnc2ccccc2c1NCc1ccc(Cl)s1. The number of nitriles is 1. The summed E-state index contributed by atoms with van der Waals surface area (Å²) in [6.45, 7) is 0.639. The molecular formula is C15H10ClN3S. The Kier molecular flexibility index (Phi) is 3.55. The fourth-order valence-electron chi connectivity index (χ4n) is 2.04. The molecule has 2 heterocycles. The molecule has 0 amide bonds. The molecule has 0 spiro atoms. The minimum atomic E-state index is 0.548.